The van der Waals surface area contributed by atoms with E-state index in [9.17, 15) is 9.59 Å². The molecule has 8 heteroatoms. The standard InChI is InChI=1S/C19H24O7.W/c1-16(2,3)19-17(4,5)11-23-18(19,25-26-19)12-7-6-8-13(9-12)24-15(22)10-14(20)21;/h6-9H,10-11H2,1-5H3,(H,20,21);. The van der Waals surface area contributed by atoms with E-state index in [1.165, 1.54) is 0 Å². The number of carbonyl (C=O) groups is 2. The van der Waals surface area contributed by atoms with Crippen LogP contribution in [0, 0.1) is 10.8 Å². The second-order valence-corrected chi connectivity index (χ2v) is 8.46. The van der Waals surface area contributed by atoms with Crippen molar-refractivity contribution in [3.63, 3.8) is 0 Å². The van der Waals surface area contributed by atoms with Crippen molar-refractivity contribution in [3.8, 4) is 5.75 Å². The molecule has 2 fully saturated rings. The molecular formula is C19H24O7W. The van der Waals surface area contributed by atoms with E-state index in [1.807, 2.05) is 6.07 Å². The molecule has 0 radical (unpaired) electrons. The molecule has 1 N–H and O–H groups in total. The predicted molar refractivity (Wildman–Crippen MR) is 90.1 cm³/mol. The van der Waals surface area contributed by atoms with Gasteiger partial charge in [0.15, 0.2) is 5.60 Å². The van der Waals surface area contributed by atoms with Gasteiger partial charge in [-0.15, -0.1) is 0 Å². The number of hydrogen-bond acceptors (Lipinski definition) is 6. The topological polar surface area (TPSA) is 91.3 Å². The van der Waals surface area contributed by atoms with Crippen LogP contribution in [0.15, 0.2) is 24.3 Å². The number of rotatable bonds is 4. The van der Waals surface area contributed by atoms with E-state index in [1.54, 1.807) is 18.2 Å². The maximum atomic E-state index is 11.6. The van der Waals surface area contributed by atoms with E-state index in [2.05, 4.69) is 34.6 Å². The first-order valence-electron chi connectivity index (χ1n) is 8.49. The Balaban J connectivity index is 0.00000261. The zero-order valence-electron chi connectivity index (χ0n) is 16.0. The van der Waals surface area contributed by atoms with Crippen LogP contribution < -0.4 is 4.74 Å². The van der Waals surface area contributed by atoms with E-state index in [-0.39, 0.29) is 37.6 Å². The minimum absolute atomic E-state index is 0. The molecule has 0 bridgehead atoms. The number of carbonyl (C=O) groups excluding carboxylic acids is 1. The van der Waals surface area contributed by atoms with Gasteiger partial charge in [-0.25, -0.2) is 4.89 Å². The molecule has 1 aromatic rings. The minimum Gasteiger partial charge on any atom is -0.481 e. The molecule has 2 heterocycles. The van der Waals surface area contributed by atoms with Crippen LogP contribution in [-0.4, -0.2) is 29.3 Å². The number of benzene rings is 1. The van der Waals surface area contributed by atoms with Gasteiger partial charge < -0.3 is 14.6 Å². The van der Waals surface area contributed by atoms with Crippen LogP contribution in [0.2, 0.25) is 0 Å². The van der Waals surface area contributed by atoms with Crippen molar-refractivity contribution in [3.05, 3.63) is 29.8 Å². The first kappa shape index (κ1) is 22.0. The maximum Gasteiger partial charge on any atom is 0.322 e. The van der Waals surface area contributed by atoms with Gasteiger partial charge in [0.2, 0.25) is 0 Å². The Morgan fingerprint density at radius 3 is 2.41 bits per heavy atom. The van der Waals surface area contributed by atoms with Gasteiger partial charge in [0.25, 0.3) is 5.79 Å². The van der Waals surface area contributed by atoms with Crippen molar-refractivity contribution in [2.75, 3.05) is 6.61 Å². The second kappa shape index (κ2) is 6.96. The summed E-state index contributed by atoms with van der Waals surface area (Å²) in [6.07, 6.45) is -0.704. The Labute approximate surface area is 172 Å². The van der Waals surface area contributed by atoms with Crippen molar-refractivity contribution in [2.24, 2.45) is 10.8 Å². The Morgan fingerprint density at radius 2 is 1.89 bits per heavy atom. The van der Waals surface area contributed by atoms with Crippen LogP contribution in [-0.2, 0) is 51.0 Å². The fraction of sp³-hybridized carbons (Fsp3) is 0.579. The third-order valence-electron chi connectivity index (χ3n) is 5.13. The first-order valence-corrected chi connectivity index (χ1v) is 8.49. The molecule has 2 saturated heterocycles. The zero-order valence-corrected chi connectivity index (χ0v) is 19.0. The normalized spacial score (nSPS) is 28.5. The summed E-state index contributed by atoms with van der Waals surface area (Å²) in [4.78, 5) is 33.6. The van der Waals surface area contributed by atoms with E-state index in [0.717, 1.165) is 0 Å². The minimum atomic E-state index is -1.24. The number of carboxylic acids is 1. The quantitative estimate of drug-likeness (QED) is 0.268. The summed E-state index contributed by atoms with van der Waals surface area (Å²) in [7, 11) is 0. The summed E-state index contributed by atoms with van der Waals surface area (Å²) in [5.41, 5.74) is -0.706. The van der Waals surface area contributed by atoms with Crippen molar-refractivity contribution in [2.45, 2.75) is 52.4 Å². The van der Waals surface area contributed by atoms with E-state index in [4.69, 9.17) is 24.4 Å². The summed E-state index contributed by atoms with van der Waals surface area (Å²) in [5.74, 6) is -2.97. The van der Waals surface area contributed by atoms with Crippen molar-refractivity contribution in [1.82, 2.24) is 0 Å². The van der Waals surface area contributed by atoms with Crippen LogP contribution in [0.1, 0.15) is 46.6 Å². The van der Waals surface area contributed by atoms with Gasteiger partial charge >= 0.3 is 11.9 Å². The van der Waals surface area contributed by atoms with Gasteiger partial charge in [0, 0.05) is 37.5 Å². The molecule has 0 amide bonds. The van der Waals surface area contributed by atoms with Crippen molar-refractivity contribution in [1.29, 1.82) is 0 Å². The third-order valence-corrected chi connectivity index (χ3v) is 5.13. The second-order valence-electron chi connectivity index (χ2n) is 8.46. The predicted octanol–water partition coefficient (Wildman–Crippen LogP) is 3.02. The molecule has 2 unspecified atom stereocenters. The monoisotopic (exact) mass is 548 g/mol. The number of carboxylic acid groups (broad SMARTS) is 1. The molecule has 0 aliphatic carbocycles. The van der Waals surface area contributed by atoms with Crippen LogP contribution in [0.4, 0.5) is 0 Å². The molecular weight excluding hydrogens is 524 g/mol. The molecule has 2 aliphatic heterocycles. The third kappa shape index (κ3) is 3.15. The molecule has 0 aromatic heterocycles. The van der Waals surface area contributed by atoms with E-state index >= 15 is 0 Å². The molecule has 27 heavy (non-hydrogen) atoms. The van der Waals surface area contributed by atoms with Gasteiger partial charge in [-0.1, -0.05) is 46.8 Å². The van der Waals surface area contributed by atoms with Crippen molar-refractivity contribution >= 4 is 11.9 Å². The fourth-order valence-electron chi connectivity index (χ4n) is 4.29. The number of hydrogen-bond donors (Lipinski definition) is 1. The number of esters is 1. The van der Waals surface area contributed by atoms with Crippen LogP contribution in [0.25, 0.3) is 0 Å². The van der Waals surface area contributed by atoms with Gasteiger partial charge in [0.1, 0.15) is 12.2 Å². The van der Waals surface area contributed by atoms with E-state index < -0.39 is 29.7 Å². The SMILES string of the molecule is CC(C)(C)C12OOC1(c1cccc(OC(=O)CC(=O)O)c1)OCC2(C)C.[W]. The van der Waals surface area contributed by atoms with Gasteiger partial charge in [-0.3, -0.25) is 9.59 Å². The molecule has 7 nitrogen and oxygen atoms in total. The smallest absolute Gasteiger partial charge is 0.322 e. The molecule has 148 valence electrons. The first-order chi connectivity index (χ1) is 12.0. The Kier molecular flexibility index (Phi) is 5.68. The molecule has 2 atom stereocenters. The van der Waals surface area contributed by atoms with Crippen LogP contribution in [0.5, 0.6) is 5.75 Å². The van der Waals surface area contributed by atoms with Crippen LogP contribution >= 0.6 is 0 Å². The zero-order chi connectivity index (χ0) is 19.4. The Morgan fingerprint density at radius 1 is 1.22 bits per heavy atom. The Hall–Kier alpha value is -1.27. The van der Waals surface area contributed by atoms with E-state index in [0.29, 0.717) is 12.2 Å². The molecule has 0 spiro atoms. The number of aliphatic carboxylic acids is 1. The van der Waals surface area contributed by atoms with Crippen molar-refractivity contribution < 1.29 is 55.0 Å². The molecule has 3 rings (SSSR count). The van der Waals surface area contributed by atoms with Crippen LogP contribution in [0.3, 0.4) is 0 Å². The number of fused-ring (bicyclic) bond motifs is 1. The summed E-state index contributed by atoms with van der Waals surface area (Å²) in [6.45, 7) is 10.8. The molecule has 2 aliphatic rings. The summed E-state index contributed by atoms with van der Waals surface area (Å²) in [5, 5.41) is 8.70. The fourth-order valence-corrected chi connectivity index (χ4v) is 4.29. The summed E-state index contributed by atoms with van der Waals surface area (Å²) >= 11 is 0. The summed E-state index contributed by atoms with van der Waals surface area (Å²) < 4.78 is 11.2. The average molecular weight is 548 g/mol. The summed E-state index contributed by atoms with van der Waals surface area (Å²) in [6, 6.07) is 6.73. The molecule has 0 saturated carbocycles. The van der Waals surface area contributed by atoms with Gasteiger partial charge in [-0.05, 0) is 12.1 Å². The maximum absolute atomic E-state index is 11.6. The average Bonchev–Trinajstić information content (AvgIpc) is 2.60. The molecule has 1 aromatic carbocycles. The Bertz CT molecular complexity index is 755. The van der Waals surface area contributed by atoms with Gasteiger partial charge in [-0.2, -0.15) is 4.89 Å². The largest absolute Gasteiger partial charge is 0.481 e. The number of ether oxygens (including phenoxy) is 2. The van der Waals surface area contributed by atoms with Gasteiger partial charge in [0.05, 0.1) is 6.61 Å².